The van der Waals surface area contributed by atoms with Crippen molar-refractivity contribution in [3.05, 3.63) is 0 Å². The van der Waals surface area contributed by atoms with E-state index in [4.69, 9.17) is 10.2 Å². The highest BCUT2D eigenvalue weighted by atomic mass is 16.4. The van der Waals surface area contributed by atoms with Gasteiger partial charge in [0, 0.05) is 12.8 Å². The third kappa shape index (κ3) is 22.7. The molecular weight excluding hydrogens is 300 g/mol. The van der Waals surface area contributed by atoms with Gasteiger partial charge in [-0.05, 0) is 17.3 Å². The summed E-state index contributed by atoms with van der Waals surface area (Å²) in [5.41, 5.74) is -0.194. The molecule has 0 aromatic heterocycles. The Morgan fingerprint density at radius 2 is 1.04 bits per heavy atom. The van der Waals surface area contributed by atoms with Gasteiger partial charge in [0.15, 0.2) is 0 Å². The minimum atomic E-state index is -1.34. The second-order valence-electron chi connectivity index (χ2n) is 7.25. The van der Waals surface area contributed by atoms with Crippen molar-refractivity contribution in [1.29, 1.82) is 0 Å². The lowest BCUT2D eigenvalue weighted by Gasteiger charge is -2.15. The molecule has 0 unspecified atom stereocenters. The van der Waals surface area contributed by atoms with Gasteiger partial charge in [0.25, 0.3) is 0 Å². The molecule has 0 aliphatic carbocycles. The summed E-state index contributed by atoms with van der Waals surface area (Å²) in [5.74, 6) is -4.07. The van der Waals surface area contributed by atoms with E-state index < -0.39 is 23.5 Å². The van der Waals surface area contributed by atoms with Crippen LogP contribution in [-0.4, -0.2) is 33.7 Å². The van der Waals surface area contributed by atoms with Gasteiger partial charge >= 0.3 is 11.9 Å². The minimum absolute atomic E-state index is 0. The van der Waals surface area contributed by atoms with Crippen molar-refractivity contribution in [2.75, 3.05) is 0 Å². The monoisotopic (exact) mass is 334 g/mol. The Morgan fingerprint density at radius 3 is 1.22 bits per heavy atom. The second-order valence-corrected chi connectivity index (χ2v) is 7.25. The molecule has 0 aliphatic rings. The van der Waals surface area contributed by atoms with E-state index in [1.807, 2.05) is 41.5 Å². The highest BCUT2D eigenvalue weighted by Gasteiger charge is 2.20. The molecule has 0 atom stereocenters. The fraction of sp³-hybridized carbons (Fsp3) is 0.765. The van der Waals surface area contributed by atoms with Crippen molar-refractivity contribution >= 4 is 23.5 Å². The highest BCUT2D eigenvalue weighted by Crippen LogP contribution is 2.20. The Morgan fingerprint density at radius 1 is 0.696 bits per heavy atom. The number of rotatable bonds is 5. The lowest BCUT2D eigenvalue weighted by Crippen LogP contribution is -2.19. The molecule has 0 amide bonds. The van der Waals surface area contributed by atoms with Crippen molar-refractivity contribution in [1.82, 2.24) is 0 Å². The average Bonchev–Trinajstić information content (AvgIpc) is 2.23. The van der Waals surface area contributed by atoms with Crippen molar-refractivity contribution in [2.24, 2.45) is 10.8 Å². The molecule has 0 aliphatic heterocycles. The van der Waals surface area contributed by atoms with Gasteiger partial charge in [-0.3, -0.25) is 9.59 Å². The fourth-order valence-corrected chi connectivity index (χ4v) is 1.15. The first-order valence-corrected chi connectivity index (χ1v) is 6.68. The molecule has 0 heterocycles. The number of carbonyl (C=O) groups excluding carboxylic acids is 2. The number of Topliss-reactive ketones (excluding diaryl/α,β-unsaturated/α-hetero) is 2. The molecule has 0 aromatic rings. The van der Waals surface area contributed by atoms with Crippen LogP contribution in [0.2, 0.25) is 0 Å². The molecule has 138 valence electrons. The maximum atomic E-state index is 10.6. The molecule has 23 heavy (non-hydrogen) atoms. The topological polar surface area (TPSA) is 109 Å². The van der Waals surface area contributed by atoms with Crippen molar-refractivity contribution in [3.63, 3.8) is 0 Å². The lowest BCUT2D eigenvalue weighted by atomic mass is 9.90. The Bertz CT molecular complexity index is 396. The van der Waals surface area contributed by atoms with Crippen LogP contribution in [0, 0.1) is 10.8 Å². The number of hydrogen-bond acceptors (Lipinski definition) is 4. The summed E-state index contributed by atoms with van der Waals surface area (Å²) in [4.78, 5) is 41.2. The van der Waals surface area contributed by atoms with Crippen molar-refractivity contribution in [3.8, 4) is 0 Å². The van der Waals surface area contributed by atoms with Gasteiger partial charge in [0.2, 0.25) is 11.6 Å². The van der Waals surface area contributed by atoms with Gasteiger partial charge in [-0.2, -0.15) is 0 Å². The molecule has 0 rings (SSSR count). The van der Waals surface area contributed by atoms with Crippen LogP contribution in [0.3, 0.4) is 0 Å². The molecule has 2 N–H and O–H groups in total. The lowest BCUT2D eigenvalue weighted by molar-refractivity contribution is -0.150. The summed E-state index contributed by atoms with van der Waals surface area (Å²) < 4.78 is 0. The van der Waals surface area contributed by atoms with E-state index >= 15 is 0 Å². The van der Waals surface area contributed by atoms with Crippen LogP contribution < -0.4 is 0 Å². The van der Waals surface area contributed by atoms with E-state index in [2.05, 4.69) is 0 Å². The van der Waals surface area contributed by atoms with Crippen LogP contribution >= 0.6 is 0 Å². The van der Waals surface area contributed by atoms with E-state index in [1.54, 1.807) is 0 Å². The number of aliphatic carboxylic acids is 2. The molecule has 0 radical (unpaired) electrons. The molecule has 0 aromatic carbocycles. The molecule has 0 spiro atoms. The van der Waals surface area contributed by atoms with E-state index in [1.165, 1.54) is 0 Å². The Labute approximate surface area is 140 Å². The van der Waals surface area contributed by atoms with E-state index in [9.17, 15) is 19.2 Å². The first kappa shape index (κ1) is 29.3. The van der Waals surface area contributed by atoms with Gasteiger partial charge in [-0.25, -0.2) is 9.59 Å². The third-order valence-electron chi connectivity index (χ3n) is 2.27. The number of carboxylic acid groups (broad SMARTS) is 2. The first-order chi connectivity index (χ1) is 9.15. The zero-order valence-electron chi connectivity index (χ0n) is 13.6. The van der Waals surface area contributed by atoms with Gasteiger partial charge in [-0.1, -0.05) is 56.4 Å². The number of hydrogen-bond donors (Lipinski definition) is 2. The predicted molar refractivity (Wildman–Crippen MR) is 91.5 cm³/mol. The standard InChI is InChI=1S/C8H14O3.C7H12O3.2CH4/c1-8(2,3)5-4-6(9)7(10)11;1-7(2,3)4-5(8)6(9)10;;/h4-5H2,1-3H3,(H,10,11);4H2,1-3H3,(H,9,10);2*1H4. The minimum Gasteiger partial charge on any atom is -0.476 e. The van der Waals surface area contributed by atoms with E-state index in [-0.39, 0.29) is 38.5 Å². The molecule has 0 saturated heterocycles. The zero-order chi connectivity index (χ0) is 17.4. The summed E-state index contributed by atoms with van der Waals surface area (Å²) in [5, 5.41) is 16.4. The van der Waals surface area contributed by atoms with Gasteiger partial charge in [0.05, 0.1) is 0 Å². The fourth-order valence-electron chi connectivity index (χ4n) is 1.15. The van der Waals surface area contributed by atoms with Gasteiger partial charge in [-0.15, -0.1) is 0 Å². The van der Waals surface area contributed by atoms with Gasteiger partial charge < -0.3 is 10.2 Å². The molecule has 6 nitrogen and oxygen atoms in total. The normalized spacial score (nSPS) is 10.2. The Balaban J connectivity index is -0.000000145. The van der Waals surface area contributed by atoms with Crippen LogP contribution in [0.25, 0.3) is 0 Å². The largest absolute Gasteiger partial charge is 0.476 e. The number of ketones is 2. The van der Waals surface area contributed by atoms with E-state index in [0.29, 0.717) is 6.42 Å². The first-order valence-electron chi connectivity index (χ1n) is 6.68. The summed E-state index contributed by atoms with van der Waals surface area (Å²) in [6.07, 6.45) is 0.860. The SMILES string of the molecule is C.C.CC(C)(C)CC(=O)C(=O)O.CC(C)(C)CCC(=O)C(=O)O. The van der Waals surface area contributed by atoms with Crippen molar-refractivity contribution < 1.29 is 29.4 Å². The van der Waals surface area contributed by atoms with Crippen LogP contribution in [0.5, 0.6) is 0 Å². The summed E-state index contributed by atoms with van der Waals surface area (Å²) >= 11 is 0. The van der Waals surface area contributed by atoms with Crippen LogP contribution in [0.4, 0.5) is 0 Å². The Hall–Kier alpha value is -1.72. The highest BCUT2D eigenvalue weighted by molar-refractivity contribution is 6.33. The predicted octanol–water partition coefficient (Wildman–Crippen LogP) is 3.81. The maximum absolute atomic E-state index is 10.6. The van der Waals surface area contributed by atoms with Crippen molar-refractivity contribution in [2.45, 2.75) is 75.7 Å². The summed E-state index contributed by atoms with van der Waals surface area (Å²) in [6.45, 7) is 11.4. The van der Waals surface area contributed by atoms with Crippen LogP contribution in [0.1, 0.15) is 75.7 Å². The molecule has 6 heteroatoms. The third-order valence-corrected chi connectivity index (χ3v) is 2.27. The molecule has 0 saturated carbocycles. The number of carboxylic acids is 2. The van der Waals surface area contributed by atoms with Crippen LogP contribution in [0.15, 0.2) is 0 Å². The quantitative estimate of drug-likeness (QED) is 0.740. The average molecular weight is 334 g/mol. The van der Waals surface area contributed by atoms with E-state index in [0.717, 1.165) is 0 Å². The summed E-state index contributed by atoms with van der Waals surface area (Å²) in [7, 11) is 0. The zero-order valence-corrected chi connectivity index (χ0v) is 13.6. The number of carbonyl (C=O) groups is 4. The molecule has 0 fully saturated rings. The van der Waals surface area contributed by atoms with Crippen LogP contribution in [-0.2, 0) is 19.2 Å². The maximum Gasteiger partial charge on any atom is 0.372 e. The molecule has 0 bridgehead atoms. The summed E-state index contributed by atoms with van der Waals surface area (Å²) in [6, 6.07) is 0. The molecular formula is C17H34O6. The Kier molecular flexibility index (Phi) is 15.0. The second kappa shape index (κ2) is 11.8. The van der Waals surface area contributed by atoms with Gasteiger partial charge in [0.1, 0.15) is 0 Å². The smallest absolute Gasteiger partial charge is 0.372 e.